The highest BCUT2D eigenvalue weighted by Gasteiger charge is 2.08. The third-order valence-corrected chi connectivity index (χ3v) is 3.97. The summed E-state index contributed by atoms with van der Waals surface area (Å²) in [7, 11) is 0. The Morgan fingerprint density at radius 2 is 1.82 bits per heavy atom. The molecular formula is C17H20N2O2S. The largest absolute Gasteiger partial charge is 0.326 e. The molecule has 0 spiro atoms. The first-order valence-electron chi connectivity index (χ1n) is 7.29. The molecule has 0 aliphatic heterocycles. The maximum atomic E-state index is 12.0. The normalized spacial score (nSPS) is 10.5. The topological polar surface area (TPSA) is 58.2 Å². The average Bonchev–Trinajstić information content (AvgIpc) is 3.00. The van der Waals surface area contributed by atoms with Crippen LogP contribution in [0, 0.1) is 5.92 Å². The number of amides is 2. The number of nitrogens with one attached hydrogen (secondary N) is 2. The predicted molar refractivity (Wildman–Crippen MR) is 91.4 cm³/mol. The Hall–Kier alpha value is -2.14. The van der Waals surface area contributed by atoms with E-state index in [1.807, 2.05) is 23.6 Å². The molecule has 4 nitrogen and oxygen atoms in total. The highest BCUT2D eigenvalue weighted by Crippen LogP contribution is 2.18. The minimum Gasteiger partial charge on any atom is -0.326 e. The lowest BCUT2D eigenvalue weighted by Gasteiger charge is -2.09. The van der Waals surface area contributed by atoms with Crippen LogP contribution in [0.5, 0.6) is 0 Å². The Morgan fingerprint density at radius 1 is 1.09 bits per heavy atom. The summed E-state index contributed by atoms with van der Waals surface area (Å²) >= 11 is 1.39. The van der Waals surface area contributed by atoms with Crippen molar-refractivity contribution in [2.45, 2.75) is 26.7 Å². The van der Waals surface area contributed by atoms with Crippen LogP contribution in [0.2, 0.25) is 0 Å². The van der Waals surface area contributed by atoms with Crippen LogP contribution < -0.4 is 10.6 Å². The van der Waals surface area contributed by atoms with Gasteiger partial charge in [-0.1, -0.05) is 26.0 Å². The zero-order valence-corrected chi connectivity index (χ0v) is 13.6. The summed E-state index contributed by atoms with van der Waals surface area (Å²) in [6, 6.07) is 10.8. The molecule has 0 atom stereocenters. The van der Waals surface area contributed by atoms with Crippen molar-refractivity contribution < 1.29 is 9.59 Å². The number of hydrogen-bond acceptors (Lipinski definition) is 3. The Balaban J connectivity index is 1.95. The maximum Gasteiger partial charge on any atom is 0.265 e. The maximum absolute atomic E-state index is 12.0. The van der Waals surface area contributed by atoms with Gasteiger partial charge in [0.15, 0.2) is 0 Å². The lowest BCUT2D eigenvalue weighted by Crippen LogP contribution is -2.13. The van der Waals surface area contributed by atoms with Crippen LogP contribution in [0.25, 0.3) is 0 Å². The number of carbonyl (C=O) groups excluding carboxylic acids is 2. The summed E-state index contributed by atoms with van der Waals surface area (Å²) in [6.45, 7) is 4.18. The molecule has 0 unspecified atom stereocenters. The fourth-order valence-corrected chi connectivity index (χ4v) is 2.54. The minimum absolute atomic E-state index is 0.00423. The van der Waals surface area contributed by atoms with Crippen molar-refractivity contribution in [3.63, 3.8) is 0 Å². The van der Waals surface area contributed by atoms with Gasteiger partial charge in [0, 0.05) is 17.8 Å². The molecule has 2 N–H and O–H groups in total. The standard InChI is InChI=1S/C17H20N2O2S/c1-12(2)8-9-16(20)18-13-5-3-6-14(11-13)19-17(21)15-7-4-10-22-15/h3-7,10-12H,8-9H2,1-2H3,(H,18,20)(H,19,21). The summed E-state index contributed by atoms with van der Waals surface area (Å²) in [4.78, 5) is 24.5. The van der Waals surface area contributed by atoms with Gasteiger partial charge in [-0.3, -0.25) is 9.59 Å². The van der Waals surface area contributed by atoms with Crippen LogP contribution in [0.1, 0.15) is 36.4 Å². The average molecular weight is 316 g/mol. The second-order valence-corrected chi connectivity index (χ2v) is 6.44. The molecule has 2 rings (SSSR count). The second-order valence-electron chi connectivity index (χ2n) is 5.49. The number of anilines is 2. The molecule has 1 aromatic heterocycles. The number of carbonyl (C=O) groups is 2. The third kappa shape index (κ3) is 5.00. The zero-order valence-electron chi connectivity index (χ0n) is 12.8. The fraction of sp³-hybridized carbons (Fsp3) is 0.294. The summed E-state index contributed by atoms with van der Waals surface area (Å²) in [5.74, 6) is 0.357. The second kappa shape index (κ2) is 7.75. The van der Waals surface area contributed by atoms with Crippen LogP contribution in [0.3, 0.4) is 0 Å². The Labute approximate surface area is 134 Å². The van der Waals surface area contributed by atoms with E-state index in [1.54, 1.807) is 18.2 Å². The van der Waals surface area contributed by atoms with Gasteiger partial charge in [-0.25, -0.2) is 0 Å². The van der Waals surface area contributed by atoms with Gasteiger partial charge < -0.3 is 10.6 Å². The van der Waals surface area contributed by atoms with Gasteiger partial charge >= 0.3 is 0 Å². The summed E-state index contributed by atoms with van der Waals surface area (Å²) < 4.78 is 0. The molecule has 0 aliphatic carbocycles. The van der Waals surface area contributed by atoms with Gasteiger partial charge in [0.25, 0.3) is 5.91 Å². The minimum atomic E-state index is -0.140. The molecule has 1 aromatic carbocycles. The first-order chi connectivity index (χ1) is 10.5. The molecule has 0 saturated carbocycles. The molecular weight excluding hydrogens is 296 g/mol. The molecule has 1 heterocycles. The van der Waals surface area contributed by atoms with Crippen LogP contribution in [0.4, 0.5) is 11.4 Å². The van der Waals surface area contributed by atoms with Crippen molar-refractivity contribution in [2.75, 3.05) is 10.6 Å². The molecule has 2 amide bonds. The Bertz CT molecular complexity index is 636. The predicted octanol–water partition coefficient (Wildman–Crippen LogP) is 4.38. The summed E-state index contributed by atoms with van der Waals surface area (Å²) in [6.07, 6.45) is 1.37. The van der Waals surface area contributed by atoms with E-state index in [2.05, 4.69) is 24.5 Å². The van der Waals surface area contributed by atoms with E-state index in [1.165, 1.54) is 11.3 Å². The third-order valence-electron chi connectivity index (χ3n) is 3.10. The number of hydrogen-bond donors (Lipinski definition) is 2. The summed E-state index contributed by atoms with van der Waals surface area (Å²) in [5.41, 5.74) is 1.36. The molecule has 0 bridgehead atoms. The Morgan fingerprint density at radius 3 is 2.45 bits per heavy atom. The van der Waals surface area contributed by atoms with Gasteiger partial charge in [0.2, 0.25) is 5.91 Å². The van der Waals surface area contributed by atoms with Crippen molar-refractivity contribution >= 4 is 34.5 Å². The molecule has 2 aromatic rings. The van der Waals surface area contributed by atoms with Crippen LogP contribution in [-0.4, -0.2) is 11.8 Å². The quantitative estimate of drug-likeness (QED) is 0.831. The van der Waals surface area contributed by atoms with Crippen LogP contribution in [0.15, 0.2) is 41.8 Å². The van der Waals surface area contributed by atoms with E-state index in [0.29, 0.717) is 28.6 Å². The molecule has 0 fully saturated rings. The van der Waals surface area contributed by atoms with Crippen molar-refractivity contribution in [2.24, 2.45) is 5.92 Å². The molecule has 0 saturated heterocycles. The van der Waals surface area contributed by atoms with E-state index < -0.39 is 0 Å². The molecule has 116 valence electrons. The number of thiophene rings is 1. The first-order valence-corrected chi connectivity index (χ1v) is 8.17. The van der Waals surface area contributed by atoms with E-state index >= 15 is 0 Å². The lowest BCUT2D eigenvalue weighted by molar-refractivity contribution is -0.116. The fourth-order valence-electron chi connectivity index (χ4n) is 1.92. The van der Waals surface area contributed by atoms with Crippen molar-refractivity contribution in [3.05, 3.63) is 46.7 Å². The van der Waals surface area contributed by atoms with Crippen LogP contribution >= 0.6 is 11.3 Å². The van der Waals surface area contributed by atoms with Gasteiger partial charge in [-0.05, 0) is 42.0 Å². The highest BCUT2D eigenvalue weighted by molar-refractivity contribution is 7.12. The number of benzene rings is 1. The van der Waals surface area contributed by atoms with Crippen molar-refractivity contribution in [1.82, 2.24) is 0 Å². The van der Waals surface area contributed by atoms with Gasteiger partial charge in [-0.15, -0.1) is 11.3 Å². The van der Waals surface area contributed by atoms with Gasteiger partial charge in [-0.2, -0.15) is 0 Å². The highest BCUT2D eigenvalue weighted by atomic mass is 32.1. The molecule has 22 heavy (non-hydrogen) atoms. The molecule has 0 aliphatic rings. The smallest absolute Gasteiger partial charge is 0.265 e. The SMILES string of the molecule is CC(C)CCC(=O)Nc1cccc(NC(=O)c2cccs2)c1. The van der Waals surface area contributed by atoms with Crippen molar-refractivity contribution in [1.29, 1.82) is 0 Å². The summed E-state index contributed by atoms with van der Waals surface area (Å²) in [5, 5.41) is 7.55. The first kappa shape index (κ1) is 16.2. The van der Waals surface area contributed by atoms with E-state index in [4.69, 9.17) is 0 Å². The van der Waals surface area contributed by atoms with Gasteiger partial charge in [0.05, 0.1) is 4.88 Å². The van der Waals surface area contributed by atoms with E-state index in [0.717, 1.165) is 6.42 Å². The monoisotopic (exact) mass is 316 g/mol. The zero-order chi connectivity index (χ0) is 15.9. The molecule has 5 heteroatoms. The van der Waals surface area contributed by atoms with Gasteiger partial charge in [0.1, 0.15) is 0 Å². The number of rotatable bonds is 6. The van der Waals surface area contributed by atoms with E-state index in [-0.39, 0.29) is 11.8 Å². The Kier molecular flexibility index (Phi) is 5.72. The van der Waals surface area contributed by atoms with Crippen LogP contribution in [-0.2, 0) is 4.79 Å². The lowest BCUT2D eigenvalue weighted by atomic mass is 10.1. The van der Waals surface area contributed by atoms with E-state index in [9.17, 15) is 9.59 Å². The van der Waals surface area contributed by atoms with Crippen molar-refractivity contribution in [3.8, 4) is 0 Å². The molecule has 0 radical (unpaired) electrons.